The van der Waals surface area contributed by atoms with E-state index in [1.54, 1.807) is 6.92 Å². The average molecular weight is 310 g/mol. The summed E-state index contributed by atoms with van der Waals surface area (Å²) in [5.74, 6) is 0.838. The van der Waals surface area contributed by atoms with Crippen molar-refractivity contribution in [2.45, 2.75) is 52.0 Å². The molecule has 0 aliphatic heterocycles. The molecule has 1 saturated carbocycles. The van der Waals surface area contributed by atoms with Crippen molar-refractivity contribution in [1.82, 2.24) is 0 Å². The summed E-state index contributed by atoms with van der Waals surface area (Å²) in [6.45, 7) is 3.89. The van der Waals surface area contributed by atoms with Crippen LogP contribution >= 0.6 is 0 Å². The van der Waals surface area contributed by atoms with Crippen LogP contribution in [-0.2, 0) is 10.0 Å². The van der Waals surface area contributed by atoms with E-state index in [1.807, 2.05) is 24.3 Å². The van der Waals surface area contributed by atoms with E-state index in [0.29, 0.717) is 11.7 Å². The minimum Gasteiger partial charge on any atom is -0.382 e. The van der Waals surface area contributed by atoms with Gasteiger partial charge in [-0.2, -0.15) is 0 Å². The Morgan fingerprint density at radius 2 is 1.67 bits per heavy atom. The lowest BCUT2D eigenvalue weighted by atomic mass is 9.83. The van der Waals surface area contributed by atoms with Gasteiger partial charge < -0.3 is 5.32 Å². The highest BCUT2D eigenvalue weighted by Gasteiger charge is 2.23. The lowest BCUT2D eigenvalue weighted by Crippen LogP contribution is -2.31. The van der Waals surface area contributed by atoms with Crippen molar-refractivity contribution in [3.8, 4) is 0 Å². The van der Waals surface area contributed by atoms with Crippen LogP contribution in [-0.4, -0.2) is 20.2 Å². The summed E-state index contributed by atoms with van der Waals surface area (Å²) >= 11 is 0. The molecule has 4 nitrogen and oxygen atoms in total. The molecule has 21 heavy (non-hydrogen) atoms. The van der Waals surface area contributed by atoms with E-state index >= 15 is 0 Å². The Morgan fingerprint density at radius 1 is 1.05 bits per heavy atom. The predicted octanol–water partition coefficient (Wildman–Crippen LogP) is 3.83. The maximum Gasteiger partial charge on any atom is 0.232 e. The smallest absolute Gasteiger partial charge is 0.232 e. The first-order valence-corrected chi connectivity index (χ1v) is 9.56. The molecule has 0 heterocycles. The number of rotatable bonds is 6. The highest BCUT2D eigenvalue weighted by Crippen LogP contribution is 2.29. The van der Waals surface area contributed by atoms with Gasteiger partial charge in [-0.25, -0.2) is 8.42 Å². The Hall–Kier alpha value is -1.23. The summed E-state index contributed by atoms with van der Waals surface area (Å²) < 4.78 is 25.6. The first-order valence-electron chi connectivity index (χ1n) is 7.91. The molecular weight excluding hydrogens is 284 g/mol. The van der Waals surface area contributed by atoms with Gasteiger partial charge in [-0.05, 0) is 49.9 Å². The zero-order valence-corrected chi connectivity index (χ0v) is 13.7. The maximum absolute atomic E-state index is 11.5. The van der Waals surface area contributed by atoms with Crippen molar-refractivity contribution >= 4 is 21.4 Å². The van der Waals surface area contributed by atoms with Gasteiger partial charge in [0.25, 0.3) is 0 Å². The molecule has 2 atom stereocenters. The second kappa shape index (κ2) is 7.16. The number of hydrogen-bond acceptors (Lipinski definition) is 3. The lowest BCUT2D eigenvalue weighted by Gasteiger charge is -2.32. The summed E-state index contributed by atoms with van der Waals surface area (Å²) in [5.41, 5.74) is 1.69. The van der Waals surface area contributed by atoms with Crippen molar-refractivity contribution in [2.24, 2.45) is 5.92 Å². The molecule has 0 saturated heterocycles. The van der Waals surface area contributed by atoms with Crippen LogP contribution in [0.1, 0.15) is 46.0 Å². The Morgan fingerprint density at radius 3 is 2.29 bits per heavy atom. The fourth-order valence-electron chi connectivity index (χ4n) is 2.99. The number of benzene rings is 1. The fourth-order valence-corrected chi connectivity index (χ4v) is 3.63. The van der Waals surface area contributed by atoms with Gasteiger partial charge in [-0.1, -0.05) is 26.2 Å². The molecule has 0 bridgehead atoms. The van der Waals surface area contributed by atoms with Crippen molar-refractivity contribution in [3.63, 3.8) is 0 Å². The minimum absolute atomic E-state index is 0.0905. The standard InChI is InChI=1S/C16H26N2O2S/c1-3-13-7-5-6-8-16(13)17-14-9-11-15(12-10-14)18-21(19,20)4-2/h9-13,16-18H,3-8H2,1-2H3. The third kappa shape index (κ3) is 4.63. The summed E-state index contributed by atoms with van der Waals surface area (Å²) in [4.78, 5) is 0. The van der Waals surface area contributed by atoms with E-state index in [0.717, 1.165) is 11.6 Å². The quantitative estimate of drug-likeness (QED) is 0.839. The normalized spacial score (nSPS) is 22.8. The van der Waals surface area contributed by atoms with Crippen LogP contribution in [0.2, 0.25) is 0 Å². The number of sulfonamides is 1. The molecule has 2 rings (SSSR count). The highest BCUT2D eigenvalue weighted by atomic mass is 32.2. The van der Waals surface area contributed by atoms with Crippen molar-refractivity contribution in [3.05, 3.63) is 24.3 Å². The molecule has 5 heteroatoms. The SMILES string of the molecule is CCC1CCCCC1Nc1ccc(NS(=O)(=O)CC)cc1. The molecule has 1 aliphatic rings. The Kier molecular flexibility index (Phi) is 5.51. The second-order valence-electron chi connectivity index (χ2n) is 5.79. The fraction of sp³-hybridized carbons (Fsp3) is 0.625. The highest BCUT2D eigenvalue weighted by molar-refractivity contribution is 7.92. The molecule has 0 spiro atoms. The zero-order chi connectivity index (χ0) is 15.3. The van der Waals surface area contributed by atoms with Gasteiger partial charge in [0.2, 0.25) is 10.0 Å². The van der Waals surface area contributed by atoms with E-state index in [4.69, 9.17) is 0 Å². The molecule has 1 aliphatic carbocycles. The van der Waals surface area contributed by atoms with Crippen LogP contribution in [0.4, 0.5) is 11.4 Å². The molecule has 2 unspecified atom stereocenters. The van der Waals surface area contributed by atoms with Crippen LogP contribution in [0.5, 0.6) is 0 Å². The Labute approximate surface area is 128 Å². The van der Waals surface area contributed by atoms with Gasteiger partial charge in [0.15, 0.2) is 0 Å². The van der Waals surface area contributed by atoms with E-state index in [2.05, 4.69) is 17.0 Å². The van der Waals surface area contributed by atoms with Crippen molar-refractivity contribution in [2.75, 3.05) is 15.8 Å². The molecule has 2 N–H and O–H groups in total. The van der Waals surface area contributed by atoms with E-state index in [-0.39, 0.29) is 5.75 Å². The predicted molar refractivity (Wildman–Crippen MR) is 89.2 cm³/mol. The molecule has 1 fully saturated rings. The molecule has 1 aromatic rings. The topological polar surface area (TPSA) is 58.2 Å². The van der Waals surface area contributed by atoms with Gasteiger partial charge in [0.1, 0.15) is 0 Å². The van der Waals surface area contributed by atoms with Crippen LogP contribution < -0.4 is 10.0 Å². The zero-order valence-electron chi connectivity index (χ0n) is 12.9. The van der Waals surface area contributed by atoms with E-state index in [9.17, 15) is 8.42 Å². The van der Waals surface area contributed by atoms with Crippen LogP contribution in [0.25, 0.3) is 0 Å². The number of anilines is 2. The summed E-state index contributed by atoms with van der Waals surface area (Å²) in [7, 11) is -3.20. The maximum atomic E-state index is 11.5. The van der Waals surface area contributed by atoms with Crippen molar-refractivity contribution in [1.29, 1.82) is 0 Å². The largest absolute Gasteiger partial charge is 0.382 e. The van der Waals surface area contributed by atoms with Gasteiger partial charge >= 0.3 is 0 Å². The van der Waals surface area contributed by atoms with Gasteiger partial charge in [0, 0.05) is 17.4 Å². The molecule has 0 amide bonds. The monoisotopic (exact) mass is 310 g/mol. The second-order valence-corrected chi connectivity index (χ2v) is 7.80. The third-order valence-corrected chi connectivity index (χ3v) is 5.63. The lowest BCUT2D eigenvalue weighted by molar-refractivity contribution is 0.317. The summed E-state index contributed by atoms with van der Waals surface area (Å²) in [5, 5.41) is 3.61. The van der Waals surface area contributed by atoms with Crippen LogP contribution in [0.15, 0.2) is 24.3 Å². The average Bonchev–Trinajstić information content (AvgIpc) is 2.49. The van der Waals surface area contributed by atoms with Crippen LogP contribution in [0.3, 0.4) is 0 Å². The Balaban J connectivity index is 1.99. The molecule has 0 radical (unpaired) electrons. The van der Waals surface area contributed by atoms with Gasteiger partial charge in [-0.15, -0.1) is 0 Å². The third-order valence-electron chi connectivity index (χ3n) is 4.32. The summed E-state index contributed by atoms with van der Waals surface area (Å²) in [6, 6.07) is 8.09. The first-order chi connectivity index (χ1) is 10.0. The molecule has 1 aromatic carbocycles. The molecule has 0 aromatic heterocycles. The number of nitrogens with one attached hydrogen (secondary N) is 2. The first kappa shape index (κ1) is 16.1. The molecule has 118 valence electrons. The molecular formula is C16H26N2O2S. The summed E-state index contributed by atoms with van der Waals surface area (Å²) in [6.07, 6.45) is 6.38. The van der Waals surface area contributed by atoms with Crippen molar-refractivity contribution < 1.29 is 8.42 Å². The van der Waals surface area contributed by atoms with E-state index < -0.39 is 10.0 Å². The van der Waals surface area contributed by atoms with Gasteiger partial charge in [-0.3, -0.25) is 4.72 Å². The van der Waals surface area contributed by atoms with Gasteiger partial charge in [0.05, 0.1) is 5.75 Å². The minimum atomic E-state index is -3.20. The van der Waals surface area contributed by atoms with Crippen LogP contribution in [0, 0.1) is 5.92 Å². The number of hydrogen-bond donors (Lipinski definition) is 2. The Bertz CT molecular complexity index is 540. The van der Waals surface area contributed by atoms with E-state index in [1.165, 1.54) is 32.1 Å².